The zero-order chi connectivity index (χ0) is 15.5. The molecule has 0 fully saturated rings. The second kappa shape index (κ2) is 6.02. The minimum absolute atomic E-state index is 0.0290. The van der Waals surface area contributed by atoms with E-state index in [9.17, 15) is 18.0 Å². The van der Waals surface area contributed by atoms with E-state index in [4.69, 9.17) is 10.2 Å². The highest BCUT2D eigenvalue weighted by Crippen LogP contribution is 2.16. The van der Waals surface area contributed by atoms with Crippen molar-refractivity contribution in [2.75, 3.05) is 0 Å². The molecule has 20 heavy (non-hydrogen) atoms. The van der Waals surface area contributed by atoms with Crippen LogP contribution in [0.25, 0.3) is 0 Å². The zero-order valence-corrected chi connectivity index (χ0v) is 11.8. The lowest BCUT2D eigenvalue weighted by Gasteiger charge is -2.16. The van der Waals surface area contributed by atoms with Crippen molar-refractivity contribution in [1.82, 2.24) is 5.32 Å². The Morgan fingerprint density at radius 3 is 2.10 bits per heavy atom. The Morgan fingerprint density at radius 2 is 1.70 bits per heavy atom. The summed E-state index contributed by atoms with van der Waals surface area (Å²) in [6, 6.07) is 5.23. The van der Waals surface area contributed by atoms with Crippen LogP contribution >= 0.6 is 0 Å². The average molecular weight is 300 g/mol. The number of nitrogens with one attached hydrogen (secondary N) is 1. The van der Waals surface area contributed by atoms with E-state index in [1.165, 1.54) is 31.2 Å². The molecule has 0 heterocycles. The summed E-state index contributed by atoms with van der Waals surface area (Å²) < 4.78 is 22.2. The summed E-state index contributed by atoms with van der Waals surface area (Å²) in [4.78, 5) is 22.2. The van der Waals surface area contributed by atoms with Crippen molar-refractivity contribution in [2.45, 2.75) is 24.8 Å². The van der Waals surface area contributed by atoms with Crippen LogP contribution in [0.4, 0.5) is 0 Å². The topological polar surface area (TPSA) is 127 Å². The highest BCUT2D eigenvalue weighted by Gasteiger charge is 2.22. The highest BCUT2D eigenvalue weighted by molar-refractivity contribution is 7.89. The molecule has 1 rings (SSSR count). The normalized spacial score (nSPS) is 14.3. The monoisotopic (exact) mass is 300 g/mol. The Kier molecular flexibility index (Phi) is 4.85. The second-order valence-electron chi connectivity index (χ2n) is 4.40. The lowest BCUT2D eigenvalue weighted by molar-refractivity contribution is -0.146. The van der Waals surface area contributed by atoms with Gasteiger partial charge in [0, 0.05) is 0 Å². The molecular formula is C12H16N2O5S. The molecule has 0 saturated carbocycles. The molecule has 0 aromatic heterocycles. The van der Waals surface area contributed by atoms with Crippen LogP contribution < -0.4 is 10.5 Å². The predicted octanol–water partition coefficient (Wildman–Crippen LogP) is 0.232. The molecular weight excluding hydrogens is 284 g/mol. The zero-order valence-electron chi connectivity index (χ0n) is 11.0. The van der Waals surface area contributed by atoms with Gasteiger partial charge in [-0.3, -0.25) is 9.59 Å². The van der Waals surface area contributed by atoms with Crippen LogP contribution in [-0.4, -0.2) is 25.4 Å². The molecule has 1 aromatic carbocycles. The maximum absolute atomic E-state index is 11.6. The van der Waals surface area contributed by atoms with Gasteiger partial charge >= 0.3 is 5.97 Å². The van der Waals surface area contributed by atoms with Gasteiger partial charge in [0.05, 0.1) is 10.9 Å². The fourth-order valence-electron chi connectivity index (χ4n) is 1.48. The number of hydrogen-bond acceptors (Lipinski definition) is 4. The number of carbonyl (C=O) groups is 2. The number of carbonyl (C=O) groups excluding carboxylic acids is 1. The summed E-state index contributed by atoms with van der Waals surface area (Å²) in [5, 5.41) is 16.2. The van der Waals surface area contributed by atoms with E-state index in [2.05, 4.69) is 5.32 Å². The number of carboxylic acid groups (broad SMARTS) is 1. The molecule has 2 unspecified atom stereocenters. The highest BCUT2D eigenvalue weighted by atomic mass is 32.2. The van der Waals surface area contributed by atoms with E-state index in [0.717, 1.165) is 0 Å². The van der Waals surface area contributed by atoms with Gasteiger partial charge in [-0.2, -0.15) is 0 Å². The number of amides is 1. The van der Waals surface area contributed by atoms with E-state index in [-0.39, 0.29) is 4.90 Å². The van der Waals surface area contributed by atoms with Crippen molar-refractivity contribution in [2.24, 2.45) is 11.1 Å². The van der Waals surface area contributed by atoms with Crippen molar-refractivity contribution in [1.29, 1.82) is 0 Å². The molecule has 1 aromatic rings. The van der Waals surface area contributed by atoms with Gasteiger partial charge in [0.25, 0.3) is 0 Å². The Labute approximate surface area is 116 Å². The van der Waals surface area contributed by atoms with E-state index in [1.807, 2.05) is 0 Å². The summed E-state index contributed by atoms with van der Waals surface area (Å²) in [7, 11) is -3.76. The molecule has 0 aliphatic heterocycles. The molecule has 0 spiro atoms. The van der Waals surface area contributed by atoms with E-state index >= 15 is 0 Å². The fraction of sp³-hybridized carbons (Fsp3) is 0.333. The van der Waals surface area contributed by atoms with Gasteiger partial charge in [-0.05, 0) is 31.5 Å². The van der Waals surface area contributed by atoms with Crippen LogP contribution in [0.3, 0.4) is 0 Å². The number of rotatable bonds is 5. The Hall–Kier alpha value is -1.93. The summed E-state index contributed by atoms with van der Waals surface area (Å²) in [6.07, 6.45) is 0. The Morgan fingerprint density at radius 1 is 1.20 bits per heavy atom. The largest absolute Gasteiger partial charge is 0.481 e. The van der Waals surface area contributed by atoms with Crippen molar-refractivity contribution in [3.05, 3.63) is 29.8 Å². The maximum Gasteiger partial charge on any atom is 0.315 e. The first-order chi connectivity index (χ1) is 9.12. The molecule has 110 valence electrons. The first-order valence-electron chi connectivity index (χ1n) is 5.79. The third-order valence-electron chi connectivity index (χ3n) is 2.83. The molecule has 1 amide bonds. The summed E-state index contributed by atoms with van der Waals surface area (Å²) in [6.45, 7) is 2.95. The van der Waals surface area contributed by atoms with Gasteiger partial charge in [0.1, 0.15) is 5.92 Å². The van der Waals surface area contributed by atoms with Crippen LogP contribution in [0, 0.1) is 5.92 Å². The SMILES string of the molecule is CC(C(=O)O)C(=O)NC(C)c1ccc(S(N)(=O)=O)cc1. The fourth-order valence-corrected chi connectivity index (χ4v) is 2.00. The number of hydrogen-bond donors (Lipinski definition) is 3. The van der Waals surface area contributed by atoms with Gasteiger partial charge in [-0.25, -0.2) is 13.6 Å². The van der Waals surface area contributed by atoms with Gasteiger partial charge in [-0.1, -0.05) is 12.1 Å². The maximum atomic E-state index is 11.6. The molecule has 0 radical (unpaired) electrons. The van der Waals surface area contributed by atoms with Gasteiger partial charge in [0.15, 0.2) is 0 Å². The lowest BCUT2D eigenvalue weighted by atomic mass is 10.1. The van der Waals surface area contributed by atoms with Crippen LogP contribution in [0.15, 0.2) is 29.2 Å². The molecule has 8 heteroatoms. The smallest absolute Gasteiger partial charge is 0.315 e. The van der Waals surface area contributed by atoms with Crippen LogP contribution in [0.1, 0.15) is 25.5 Å². The van der Waals surface area contributed by atoms with Crippen molar-refractivity contribution in [3.63, 3.8) is 0 Å². The van der Waals surface area contributed by atoms with Gasteiger partial charge in [-0.15, -0.1) is 0 Å². The average Bonchev–Trinajstić information content (AvgIpc) is 2.36. The number of benzene rings is 1. The van der Waals surface area contributed by atoms with Gasteiger partial charge < -0.3 is 10.4 Å². The van der Waals surface area contributed by atoms with Crippen molar-refractivity contribution >= 4 is 21.9 Å². The second-order valence-corrected chi connectivity index (χ2v) is 5.97. The van der Waals surface area contributed by atoms with Gasteiger partial charge in [0.2, 0.25) is 15.9 Å². The molecule has 0 saturated heterocycles. The summed E-state index contributed by atoms with van der Waals surface area (Å²) >= 11 is 0. The number of nitrogens with two attached hydrogens (primary N) is 1. The van der Waals surface area contributed by atoms with Crippen molar-refractivity contribution in [3.8, 4) is 0 Å². The number of sulfonamides is 1. The van der Waals surface area contributed by atoms with Crippen LogP contribution in [0.2, 0.25) is 0 Å². The molecule has 4 N–H and O–H groups in total. The first-order valence-corrected chi connectivity index (χ1v) is 7.33. The first kappa shape index (κ1) is 16.1. The van der Waals surface area contributed by atoms with Crippen molar-refractivity contribution < 1.29 is 23.1 Å². The minimum atomic E-state index is -3.76. The third kappa shape index (κ3) is 4.04. The summed E-state index contributed by atoms with van der Waals surface area (Å²) in [5.41, 5.74) is 0.642. The molecule has 0 aliphatic carbocycles. The molecule has 7 nitrogen and oxygen atoms in total. The Bertz CT molecular complexity index is 609. The lowest BCUT2D eigenvalue weighted by Crippen LogP contribution is -2.35. The quantitative estimate of drug-likeness (QED) is 0.671. The number of aliphatic carboxylic acids is 1. The Balaban J connectivity index is 2.81. The molecule has 0 aliphatic rings. The third-order valence-corrected chi connectivity index (χ3v) is 3.76. The van der Waals surface area contributed by atoms with E-state index < -0.39 is 33.9 Å². The molecule has 0 bridgehead atoms. The van der Waals surface area contributed by atoms with Crippen LogP contribution in [-0.2, 0) is 19.6 Å². The van der Waals surface area contributed by atoms with Crippen LogP contribution in [0.5, 0.6) is 0 Å². The predicted molar refractivity (Wildman–Crippen MR) is 71.2 cm³/mol. The van der Waals surface area contributed by atoms with E-state index in [0.29, 0.717) is 5.56 Å². The number of primary sulfonamides is 1. The number of carboxylic acids is 1. The van der Waals surface area contributed by atoms with E-state index in [1.54, 1.807) is 6.92 Å². The molecule has 2 atom stereocenters. The standard InChI is InChI=1S/C12H16N2O5S/c1-7(12(16)17)11(15)14-8(2)9-3-5-10(6-4-9)20(13,18)19/h3-8H,1-2H3,(H,14,15)(H,16,17)(H2,13,18,19). The minimum Gasteiger partial charge on any atom is -0.481 e. The summed E-state index contributed by atoms with van der Waals surface area (Å²) in [5.74, 6) is -2.97.